The molecule has 2 atom stereocenters. The van der Waals surface area contributed by atoms with Crippen LogP contribution >= 0.6 is 0 Å². The second-order valence-electron chi connectivity index (χ2n) is 5.89. The van der Waals surface area contributed by atoms with Gasteiger partial charge in [0, 0.05) is 30.8 Å². The molecule has 2 heterocycles. The molecule has 3 heteroatoms. The van der Waals surface area contributed by atoms with E-state index in [-0.39, 0.29) is 18.0 Å². The van der Waals surface area contributed by atoms with Crippen LogP contribution in [0.5, 0.6) is 0 Å². The Morgan fingerprint density at radius 1 is 1.24 bits per heavy atom. The summed E-state index contributed by atoms with van der Waals surface area (Å²) in [6, 6.07) is 12.3. The molecule has 0 saturated heterocycles. The number of aryl methyl sites for hydroxylation is 1. The van der Waals surface area contributed by atoms with E-state index in [1.54, 1.807) is 0 Å². The van der Waals surface area contributed by atoms with Gasteiger partial charge >= 0.3 is 0 Å². The van der Waals surface area contributed by atoms with Gasteiger partial charge in [-0.1, -0.05) is 18.2 Å². The molecule has 0 aliphatic carbocycles. The van der Waals surface area contributed by atoms with Crippen molar-refractivity contribution in [2.45, 2.75) is 39.3 Å². The number of benzene rings is 1. The highest BCUT2D eigenvalue weighted by Crippen LogP contribution is 2.32. The fourth-order valence-corrected chi connectivity index (χ4v) is 3.00. The third-order valence-electron chi connectivity index (χ3n) is 4.27. The molecule has 0 spiro atoms. The maximum atomic E-state index is 12.9. The molecule has 0 fully saturated rings. The van der Waals surface area contributed by atoms with Crippen molar-refractivity contribution in [3.05, 3.63) is 59.9 Å². The van der Waals surface area contributed by atoms with Gasteiger partial charge in [-0.2, -0.15) is 4.57 Å². The number of fused-ring (bicyclic) bond motifs is 1. The largest absolute Gasteiger partial charge is 0.303 e. The first-order valence-electron chi connectivity index (χ1n) is 7.46. The average molecular weight is 281 g/mol. The van der Waals surface area contributed by atoms with Crippen molar-refractivity contribution < 1.29 is 9.36 Å². The van der Waals surface area contributed by atoms with E-state index in [4.69, 9.17) is 0 Å². The molecule has 0 saturated carbocycles. The summed E-state index contributed by atoms with van der Waals surface area (Å²) in [5, 5.41) is 0. The van der Waals surface area contributed by atoms with Crippen molar-refractivity contribution in [1.82, 2.24) is 0 Å². The number of hydrogen-bond acceptors (Lipinski definition) is 1. The lowest BCUT2D eigenvalue weighted by molar-refractivity contribution is -0.705. The zero-order valence-corrected chi connectivity index (χ0v) is 12.8. The highest BCUT2D eigenvalue weighted by molar-refractivity contribution is 5.97. The van der Waals surface area contributed by atoms with Crippen molar-refractivity contribution in [2.24, 2.45) is 0 Å². The molecule has 0 N–H and O–H groups in total. The molecular weight excluding hydrogens is 260 g/mol. The number of hydrogen-bond donors (Lipinski definition) is 0. The lowest BCUT2D eigenvalue weighted by Gasteiger charge is -2.23. The number of carbonyl (C=O) groups is 1. The predicted molar refractivity (Wildman–Crippen MR) is 83.2 cm³/mol. The summed E-state index contributed by atoms with van der Waals surface area (Å²) in [6.45, 7) is 6.13. The Kier molecular flexibility index (Phi) is 3.50. The number of carbonyl (C=O) groups excluding carboxylic acids is 1. The minimum atomic E-state index is -0.195. The summed E-state index contributed by atoms with van der Waals surface area (Å²) < 4.78 is 1.98. The fourth-order valence-electron chi connectivity index (χ4n) is 3.00. The smallest absolute Gasteiger partial charge is 0.296 e. The van der Waals surface area contributed by atoms with Crippen LogP contribution in [0.1, 0.15) is 31.0 Å². The van der Waals surface area contributed by atoms with Crippen molar-refractivity contribution in [2.75, 3.05) is 4.90 Å². The zero-order chi connectivity index (χ0) is 15.0. The van der Waals surface area contributed by atoms with Crippen LogP contribution in [0.4, 0.5) is 5.69 Å². The number of amides is 1. The molecule has 108 valence electrons. The van der Waals surface area contributed by atoms with E-state index >= 15 is 0 Å². The SMILES string of the molecule is Cc1cc[n+]([C@H](C)C(=O)N2c3ccccc3C[C@@H]2C)cc1. The van der Waals surface area contributed by atoms with E-state index in [1.807, 2.05) is 59.1 Å². The third-order valence-corrected chi connectivity index (χ3v) is 4.27. The quantitative estimate of drug-likeness (QED) is 0.777. The normalized spacial score (nSPS) is 18.4. The molecule has 1 aliphatic heterocycles. The standard InChI is InChI=1S/C18H21N2O/c1-13-8-10-19(11-9-13)15(3)18(21)20-14(2)12-16-6-4-5-7-17(16)20/h4-11,14-15H,12H2,1-3H3/q+1/t14-,15+/m0/s1. The maximum absolute atomic E-state index is 12.9. The van der Waals surface area contributed by atoms with Crippen LogP contribution in [-0.2, 0) is 11.2 Å². The van der Waals surface area contributed by atoms with Crippen LogP contribution < -0.4 is 9.47 Å². The second kappa shape index (κ2) is 5.32. The van der Waals surface area contributed by atoms with Gasteiger partial charge in [-0.25, -0.2) is 0 Å². The molecule has 1 aliphatic rings. The van der Waals surface area contributed by atoms with Gasteiger partial charge in [-0.3, -0.25) is 4.79 Å². The third kappa shape index (κ3) is 2.44. The number of rotatable bonds is 2. The number of nitrogens with zero attached hydrogens (tertiary/aromatic N) is 2. The molecule has 1 aromatic carbocycles. The van der Waals surface area contributed by atoms with Gasteiger partial charge in [0.2, 0.25) is 6.04 Å². The molecule has 1 amide bonds. The van der Waals surface area contributed by atoms with E-state index in [0.29, 0.717) is 0 Å². The Morgan fingerprint density at radius 3 is 2.62 bits per heavy atom. The second-order valence-corrected chi connectivity index (χ2v) is 5.89. The molecular formula is C18H21N2O+. The first kappa shape index (κ1) is 13.8. The van der Waals surface area contributed by atoms with Crippen LogP contribution in [0.3, 0.4) is 0 Å². The maximum Gasteiger partial charge on any atom is 0.296 e. The van der Waals surface area contributed by atoms with Crippen molar-refractivity contribution >= 4 is 11.6 Å². The molecule has 0 radical (unpaired) electrons. The first-order chi connectivity index (χ1) is 10.1. The fraction of sp³-hybridized carbons (Fsp3) is 0.333. The van der Waals surface area contributed by atoms with E-state index in [9.17, 15) is 4.79 Å². The zero-order valence-electron chi connectivity index (χ0n) is 12.8. The van der Waals surface area contributed by atoms with Gasteiger partial charge in [-0.15, -0.1) is 0 Å². The lowest BCUT2D eigenvalue weighted by atomic mass is 10.1. The summed E-state index contributed by atoms with van der Waals surface area (Å²) in [5.74, 6) is 0.154. The number of para-hydroxylation sites is 1. The van der Waals surface area contributed by atoms with Crippen LogP contribution in [-0.4, -0.2) is 11.9 Å². The number of anilines is 1. The van der Waals surface area contributed by atoms with Gasteiger partial charge in [-0.05, 0) is 37.5 Å². The lowest BCUT2D eigenvalue weighted by Crippen LogP contribution is -2.49. The number of aromatic nitrogens is 1. The minimum Gasteiger partial charge on any atom is -0.303 e. The van der Waals surface area contributed by atoms with E-state index < -0.39 is 0 Å². The van der Waals surface area contributed by atoms with Gasteiger partial charge in [0.05, 0.1) is 0 Å². The number of pyridine rings is 1. The summed E-state index contributed by atoms with van der Waals surface area (Å²) in [5.41, 5.74) is 3.53. The van der Waals surface area contributed by atoms with Crippen LogP contribution in [0.25, 0.3) is 0 Å². The van der Waals surface area contributed by atoms with E-state index in [0.717, 1.165) is 12.1 Å². The summed E-state index contributed by atoms with van der Waals surface area (Å²) in [6.07, 6.45) is 4.89. The van der Waals surface area contributed by atoms with Gasteiger partial charge in [0.25, 0.3) is 5.91 Å². The highest BCUT2D eigenvalue weighted by Gasteiger charge is 2.36. The van der Waals surface area contributed by atoms with E-state index in [2.05, 4.69) is 19.9 Å². The Morgan fingerprint density at radius 2 is 1.90 bits per heavy atom. The summed E-state index contributed by atoms with van der Waals surface area (Å²) >= 11 is 0. The van der Waals surface area contributed by atoms with Crippen LogP contribution in [0.2, 0.25) is 0 Å². The minimum absolute atomic E-state index is 0.154. The molecule has 21 heavy (non-hydrogen) atoms. The molecule has 3 nitrogen and oxygen atoms in total. The molecule has 0 unspecified atom stereocenters. The molecule has 0 bridgehead atoms. The van der Waals surface area contributed by atoms with E-state index in [1.165, 1.54) is 11.1 Å². The molecule has 2 aromatic rings. The van der Waals surface area contributed by atoms with Crippen LogP contribution in [0.15, 0.2) is 48.8 Å². The Bertz CT molecular complexity index is 663. The Balaban J connectivity index is 1.90. The Hall–Kier alpha value is -2.16. The molecule has 3 rings (SSSR count). The van der Waals surface area contributed by atoms with Crippen molar-refractivity contribution in [1.29, 1.82) is 0 Å². The van der Waals surface area contributed by atoms with Gasteiger partial charge in [0.15, 0.2) is 12.4 Å². The van der Waals surface area contributed by atoms with Gasteiger partial charge < -0.3 is 4.90 Å². The van der Waals surface area contributed by atoms with Crippen LogP contribution in [0, 0.1) is 6.92 Å². The summed E-state index contributed by atoms with van der Waals surface area (Å²) in [4.78, 5) is 14.9. The monoisotopic (exact) mass is 281 g/mol. The first-order valence-corrected chi connectivity index (χ1v) is 7.46. The highest BCUT2D eigenvalue weighted by atomic mass is 16.2. The van der Waals surface area contributed by atoms with Crippen molar-refractivity contribution in [3.8, 4) is 0 Å². The Labute approximate surface area is 125 Å². The topological polar surface area (TPSA) is 24.2 Å². The predicted octanol–water partition coefficient (Wildman–Crippen LogP) is 2.82. The molecule has 1 aromatic heterocycles. The average Bonchev–Trinajstić information content (AvgIpc) is 2.82. The van der Waals surface area contributed by atoms with Crippen molar-refractivity contribution in [3.63, 3.8) is 0 Å². The van der Waals surface area contributed by atoms with Gasteiger partial charge in [0.1, 0.15) is 0 Å². The summed E-state index contributed by atoms with van der Waals surface area (Å²) in [7, 11) is 0.